The Bertz CT molecular complexity index is 1110. The fourth-order valence-corrected chi connectivity index (χ4v) is 4.40. The van der Waals surface area contributed by atoms with Gasteiger partial charge in [0.1, 0.15) is 5.75 Å². The van der Waals surface area contributed by atoms with Crippen molar-refractivity contribution in [3.8, 4) is 5.75 Å². The second kappa shape index (κ2) is 10.2. The van der Waals surface area contributed by atoms with Crippen LogP contribution in [-0.2, 0) is 21.2 Å². The minimum Gasteiger partial charge on any atom is -0.495 e. The Morgan fingerprint density at radius 1 is 0.935 bits per heavy atom. The number of aryl methyl sites for hydroxylation is 1. The Morgan fingerprint density at radius 3 is 2.26 bits per heavy atom. The molecular formula is C24H26N2O4S. The minimum absolute atomic E-state index is 0.139. The second-order valence-electron chi connectivity index (χ2n) is 7.15. The average molecular weight is 439 g/mol. The van der Waals surface area contributed by atoms with E-state index in [4.69, 9.17) is 4.74 Å². The number of benzene rings is 3. The molecule has 3 aromatic rings. The van der Waals surface area contributed by atoms with Gasteiger partial charge in [-0.2, -0.15) is 0 Å². The van der Waals surface area contributed by atoms with E-state index in [-0.39, 0.29) is 23.3 Å². The molecule has 1 atom stereocenters. The zero-order valence-corrected chi connectivity index (χ0v) is 18.4. The molecule has 0 aliphatic carbocycles. The summed E-state index contributed by atoms with van der Waals surface area (Å²) in [7, 11) is -2.10. The molecule has 3 aromatic carbocycles. The number of carbonyl (C=O) groups is 1. The number of hydrogen-bond acceptors (Lipinski definition) is 4. The van der Waals surface area contributed by atoms with Crippen molar-refractivity contribution >= 4 is 21.6 Å². The Hall–Kier alpha value is -3.16. The van der Waals surface area contributed by atoms with E-state index in [0.29, 0.717) is 17.9 Å². The van der Waals surface area contributed by atoms with Gasteiger partial charge in [-0.05, 0) is 48.7 Å². The van der Waals surface area contributed by atoms with Crippen LogP contribution in [0.15, 0.2) is 83.8 Å². The summed E-state index contributed by atoms with van der Waals surface area (Å²) in [6.07, 6.45) is 0.766. The van der Waals surface area contributed by atoms with E-state index in [1.165, 1.54) is 0 Å². The number of carbonyl (C=O) groups excluding carboxylic acids is 1. The topological polar surface area (TPSA) is 84.5 Å². The van der Waals surface area contributed by atoms with Crippen LogP contribution in [0.25, 0.3) is 0 Å². The van der Waals surface area contributed by atoms with Gasteiger partial charge in [0.15, 0.2) is 0 Å². The molecule has 0 bridgehead atoms. The Labute approximate surface area is 183 Å². The molecule has 0 aromatic heterocycles. The SMILES string of the molecule is COc1ccccc1NC(=O)CCc1ccc(S(=O)(=O)N[C@H](C)c2ccccc2)cc1. The van der Waals surface area contributed by atoms with Crippen LogP contribution in [0.5, 0.6) is 5.75 Å². The number of anilines is 1. The number of sulfonamides is 1. The number of rotatable bonds is 9. The summed E-state index contributed by atoms with van der Waals surface area (Å²) in [6, 6.07) is 22.9. The van der Waals surface area contributed by atoms with Gasteiger partial charge in [0, 0.05) is 12.5 Å². The van der Waals surface area contributed by atoms with Gasteiger partial charge in [0.2, 0.25) is 15.9 Å². The molecule has 162 valence electrons. The van der Waals surface area contributed by atoms with Gasteiger partial charge in [-0.3, -0.25) is 4.79 Å². The van der Waals surface area contributed by atoms with E-state index in [2.05, 4.69) is 10.0 Å². The van der Waals surface area contributed by atoms with Gasteiger partial charge >= 0.3 is 0 Å². The number of para-hydroxylation sites is 2. The fourth-order valence-electron chi connectivity index (χ4n) is 3.16. The van der Waals surface area contributed by atoms with Gasteiger partial charge < -0.3 is 10.1 Å². The van der Waals surface area contributed by atoms with Crippen molar-refractivity contribution in [2.45, 2.75) is 30.7 Å². The first-order valence-corrected chi connectivity index (χ1v) is 11.5. The lowest BCUT2D eigenvalue weighted by atomic mass is 10.1. The van der Waals surface area contributed by atoms with Gasteiger partial charge in [0.25, 0.3) is 0 Å². The van der Waals surface area contributed by atoms with Crippen molar-refractivity contribution < 1.29 is 17.9 Å². The Morgan fingerprint density at radius 2 is 1.58 bits per heavy atom. The predicted molar refractivity (Wildman–Crippen MR) is 122 cm³/mol. The monoisotopic (exact) mass is 438 g/mol. The molecule has 0 saturated heterocycles. The number of amides is 1. The molecular weight excluding hydrogens is 412 g/mol. The van der Waals surface area contributed by atoms with Crippen LogP contribution in [0.1, 0.15) is 30.5 Å². The van der Waals surface area contributed by atoms with Crippen molar-refractivity contribution in [2.75, 3.05) is 12.4 Å². The van der Waals surface area contributed by atoms with E-state index < -0.39 is 10.0 Å². The lowest BCUT2D eigenvalue weighted by Gasteiger charge is -2.15. The smallest absolute Gasteiger partial charge is 0.241 e. The molecule has 0 heterocycles. The summed E-state index contributed by atoms with van der Waals surface area (Å²) in [4.78, 5) is 12.5. The number of ether oxygens (including phenoxy) is 1. The second-order valence-corrected chi connectivity index (χ2v) is 8.86. The molecule has 31 heavy (non-hydrogen) atoms. The molecule has 7 heteroatoms. The van der Waals surface area contributed by atoms with Crippen LogP contribution in [-0.4, -0.2) is 21.4 Å². The van der Waals surface area contributed by atoms with Crippen LogP contribution in [0.2, 0.25) is 0 Å². The maximum Gasteiger partial charge on any atom is 0.241 e. The van der Waals surface area contributed by atoms with E-state index in [1.54, 1.807) is 43.5 Å². The molecule has 6 nitrogen and oxygen atoms in total. The van der Waals surface area contributed by atoms with E-state index in [0.717, 1.165) is 11.1 Å². The third kappa shape index (κ3) is 6.16. The third-order valence-corrected chi connectivity index (χ3v) is 6.44. The molecule has 0 saturated carbocycles. The average Bonchev–Trinajstić information content (AvgIpc) is 2.78. The maximum absolute atomic E-state index is 12.7. The van der Waals surface area contributed by atoms with Gasteiger partial charge in [-0.1, -0.05) is 54.6 Å². The minimum atomic E-state index is -3.65. The van der Waals surface area contributed by atoms with E-state index in [9.17, 15) is 13.2 Å². The lowest BCUT2D eigenvalue weighted by Crippen LogP contribution is -2.26. The lowest BCUT2D eigenvalue weighted by molar-refractivity contribution is -0.116. The summed E-state index contributed by atoms with van der Waals surface area (Å²) in [5.41, 5.74) is 2.39. The Kier molecular flexibility index (Phi) is 7.44. The summed E-state index contributed by atoms with van der Waals surface area (Å²) >= 11 is 0. The van der Waals surface area contributed by atoms with Crippen molar-refractivity contribution in [3.63, 3.8) is 0 Å². The standard InChI is InChI=1S/C24H26N2O4S/c1-18(20-8-4-3-5-9-20)26-31(28,29)21-15-12-19(13-16-21)14-17-24(27)25-22-10-6-7-11-23(22)30-2/h3-13,15-16,18,26H,14,17H2,1-2H3,(H,25,27)/t18-/m1/s1. The fraction of sp³-hybridized carbons (Fsp3) is 0.208. The van der Waals surface area contributed by atoms with Gasteiger partial charge in [-0.15, -0.1) is 0 Å². The van der Waals surface area contributed by atoms with Crippen molar-refractivity contribution in [1.29, 1.82) is 0 Å². The molecule has 0 aliphatic heterocycles. The number of methoxy groups -OCH3 is 1. The highest BCUT2D eigenvalue weighted by Gasteiger charge is 2.18. The van der Waals surface area contributed by atoms with Crippen molar-refractivity contribution in [2.24, 2.45) is 0 Å². The summed E-state index contributed by atoms with van der Waals surface area (Å²) in [5.74, 6) is 0.460. The number of nitrogens with one attached hydrogen (secondary N) is 2. The highest BCUT2D eigenvalue weighted by atomic mass is 32.2. The molecule has 3 rings (SSSR count). The molecule has 0 unspecified atom stereocenters. The molecule has 0 spiro atoms. The van der Waals surface area contributed by atoms with Gasteiger partial charge in [-0.25, -0.2) is 13.1 Å². The normalized spacial score (nSPS) is 12.2. The van der Waals surface area contributed by atoms with Crippen molar-refractivity contribution in [1.82, 2.24) is 4.72 Å². The summed E-state index contributed by atoms with van der Waals surface area (Å²) < 4.78 is 33.3. The highest BCUT2D eigenvalue weighted by molar-refractivity contribution is 7.89. The molecule has 0 fully saturated rings. The quantitative estimate of drug-likeness (QED) is 0.522. The van der Waals surface area contributed by atoms with Crippen molar-refractivity contribution in [3.05, 3.63) is 90.0 Å². The predicted octanol–water partition coefficient (Wildman–Crippen LogP) is 4.31. The van der Waals surface area contributed by atoms with E-state index in [1.807, 2.05) is 49.4 Å². The van der Waals surface area contributed by atoms with Crippen LogP contribution in [0, 0.1) is 0 Å². The maximum atomic E-state index is 12.7. The van der Waals surface area contributed by atoms with Crippen LogP contribution < -0.4 is 14.8 Å². The number of hydrogen-bond donors (Lipinski definition) is 2. The molecule has 1 amide bonds. The Balaban J connectivity index is 1.57. The first kappa shape index (κ1) is 22.5. The van der Waals surface area contributed by atoms with Gasteiger partial charge in [0.05, 0.1) is 17.7 Å². The highest BCUT2D eigenvalue weighted by Crippen LogP contribution is 2.23. The zero-order valence-electron chi connectivity index (χ0n) is 17.5. The van der Waals surface area contributed by atoms with E-state index >= 15 is 0 Å². The first-order valence-electron chi connectivity index (χ1n) is 9.98. The molecule has 0 aliphatic rings. The largest absolute Gasteiger partial charge is 0.495 e. The zero-order chi connectivity index (χ0) is 22.3. The first-order chi connectivity index (χ1) is 14.9. The molecule has 0 radical (unpaired) electrons. The summed E-state index contributed by atoms with van der Waals surface area (Å²) in [5, 5.41) is 2.83. The van der Waals surface area contributed by atoms with Crippen LogP contribution in [0.4, 0.5) is 5.69 Å². The van der Waals surface area contributed by atoms with Crippen LogP contribution in [0.3, 0.4) is 0 Å². The summed E-state index contributed by atoms with van der Waals surface area (Å²) in [6.45, 7) is 1.81. The van der Waals surface area contributed by atoms with Crippen LogP contribution >= 0.6 is 0 Å². The third-order valence-electron chi connectivity index (χ3n) is 4.89. The molecule has 2 N–H and O–H groups in total.